The first-order valence-electron chi connectivity index (χ1n) is 6.52. The van der Waals surface area contributed by atoms with Crippen LogP contribution in [0.5, 0.6) is 5.75 Å². The maximum absolute atomic E-state index is 5.66. The van der Waals surface area contributed by atoms with Gasteiger partial charge in [-0.25, -0.2) is 0 Å². The number of hydrogen-bond donors (Lipinski definition) is 0. The summed E-state index contributed by atoms with van der Waals surface area (Å²) in [4.78, 5) is 2.33. The summed E-state index contributed by atoms with van der Waals surface area (Å²) in [5, 5.41) is 0. The molecule has 1 saturated heterocycles. The van der Waals surface area contributed by atoms with E-state index in [4.69, 9.17) is 9.47 Å². The minimum absolute atomic E-state index is 0.605. The molecule has 0 saturated carbocycles. The Bertz CT molecular complexity index is 380. The summed E-state index contributed by atoms with van der Waals surface area (Å²) in [6.07, 6.45) is 0.964. The van der Waals surface area contributed by atoms with Crippen LogP contribution in [-0.2, 0) is 4.74 Å². The van der Waals surface area contributed by atoms with Crippen molar-refractivity contribution in [1.29, 1.82) is 0 Å². The van der Waals surface area contributed by atoms with Gasteiger partial charge >= 0.3 is 0 Å². The topological polar surface area (TPSA) is 21.7 Å². The molecule has 0 spiro atoms. The van der Waals surface area contributed by atoms with Crippen molar-refractivity contribution in [2.24, 2.45) is 0 Å². The fraction of sp³-hybridized carbons (Fsp3) is 0.467. The second-order valence-corrected chi connectivity index (χ2v) is 4.49. The normalized spacial score (nSPS) is 15.5. The van der Waals surface area contributed by atoms with Crippen molar-refractivity contribution in [3.05, 3.63) is 36.4 Å². The predicted octanol–water partition coefficient (Wildman–Crippen LogP) is 2.87. The molecule has 1 aliphatic heterocycles. The molecule has 0 amide bonds. The third-order valence-electron chi connectivity index (χ3n) is 3.16. The first kappa shape index (κ1) is 13.0. The van der Waals surface area contributed by atoms with Gasteiger partial charge in [0.2, 0.25) is 0 Å². The highest BCUT2D eigenvalue weighted by atomic mass is 16.5. The van der Waals surface area contributed by atoms with Crippen LogP contribution in [0.25, 0.3) is 0 Å². The standard InChI is InChI=1S/C15H21NO2/c1-3-13(2)12-18-15-6-4-14(5-7-15)16-8-10-17-11-9-16/h4-7H,2-3,8-12H2,1H3. The van der Waals surface area contributed by atoms with E-state index in [9.17, 15) is 0 Å². The molecule has 18 heavy (non-hydrogen) atoms. The molecule has 2 rings (SSSR count). The van der Waals surface area contributed by atoms with E-state index < -0.39 is 0 Å². The van der Waals surface area contributed by atoms with Gasteiger partial charge < -0.3 is 14.4 Å². The predicted molar refractivity (Wildman–Crippen MR) is 74.4 cm³/mol. The van der Waals surface area contributed by atoms with Crippen LogP contribution in [0.1, 0.15) is 13.3 Å². The lowest BCUT2D eigenvalue weighted by molar-refractivity contribution is 0.122. The molecule has 1 aromatic rings. The minimum atomic E-state index is 0.605. The van der Waals surface area contributed by atoms with Crippen molar-refractivity contribution in [3.8, 4) is 5.75 Å². The molecule has 3 nitrogen and oxygen atoms in total. The highest BCUT2D eigenvalue weighted by molar-refractivity contribution is 5.49. The van der Waals surface area contributed by atoms with Crippen LogP contribution in [-0.4, -0.2) is 32.9 Å². The number of benzene rings is 1. The lowest BCUT2D eigenvalue weighted by Gasteiger charge is -2.28. The van der Waals surface area contributed by atoms with Crippen molar-refractivity contribution in [3.63, 3.8) is 0 Å². The summed E-state index contributed by atoms with van der Waals surface area (Å²) in [5.41, 5.74) is 2.35. The van der Waals surface area contributed by atoms with Crippen molar-refractivity contribution >= 4 is 5.69 Å². The minimum Gasteiger partial charge on any atom is -0.489 e. The Kier molecular flexibility index (Phi) is 4.65. The lowest BCUT2D eigenvalue weighted by Crippen LogP contribution is -2.36. The lowest BCUT2D eigenvalue weighted by atomic mass is 10.2. The quantitative estimate of drug-likeness (QED) is 0.747. The zero-order valence-corrected chi connectivity index (χ0v) is 11.0. The molecule has 1 aliphatic rings. The van der Waals surface area contributed by atoms with Crippen LogP contribution in [0.2, 0.25) is 0 Å². The Balaban J connectivity index is 1.90. The van der Waals surface area contributed by atoms with E-state index in [-0.39, 0.29) is 0 Å². The molecule has 98 valence electrons. The van der Waals surface area contributed by atoms with E-state index in [1.54, 1.807) is 0 Å². The van der Waals surface area contributed by atoms with Crippen molar-refractivity contribution < 1.29 is 9.47 Å². The Morgan fingerprint density at radius 1 is 1.28 bits per heavy atom. The maximum atomic E-state index is 5.66. The average Bonchev–Trinajstić information content (AvgIpc) is 2.46. The maximum Gasteiger partial charge on any atom is 0.119 e. The van der Waals surface area contributed by atoms with Crippen molar-refractivity contribution in [2.45, 2.75) is 13.3 Å². The first-order valence-corrected chi connectivity index (χ1v) is 6.52. The fourth-order valence-corrected chi connectivity index (χ4v) is 1.86. The van der Waals surface area contributed by atoms with E-state index in [2.05, 4.69) is 30.5 Å². The van der Waals surface area contributed by atoms with Crippen LogP contribution < -0.4 is 9.64 Å². The number of ether oxygens (including phenoxy) is 2. The van der Waals surface area contributed by atoms with Crippen LogP contribution in [0.4, 0.5) is 5.69 Å². The van der Waals surface area contributed by atoms with E-state index in [0.29, 0.717) is 6.61 Å². The molecule has 3 heteroatoms. The van der Waals surface area contributed by atoms with Gasteiger partial charge in [-0.3, -0.25) is 0 Å². The van der Waals surface area contributed by atoms with E-state index in [1.165, 1.54) is 5.69 Å². The fourth-order valence-electron chi connectivity index (χ4n) is 1.86. The Labute approximate surface area is 109 Å². The number of hydrogen-bond acceptors (Lipinski definition) is 3. The van der Waals surface area contributed by atoms with Crippen molar-refractivity contribution in [1.82, 2.24) is 0 Å². The zero-order valence-electron chi connectivity index (χ0n) is 11.0. The van der Waals surface area contributed by atoms with Gasteiger partial charge in [-0.1, -0.05) is 13.5 Å². The number of nitrogens with zero attached hydrogens (tertiary/aromatic N) is 1. The van der Waals surface area contributed by atoms with Crippen LogP contribution in [0.15, 0.2) is 36.4 Å². The zero-order chi connectivity index (χ0) is 12.8. The molecule has 0 radical (unpaired) electrons. The molecule has 1 aromatic carbocycles. The smallest absolute Gasteiger partial charge is 0.119 e. The summed E-state index contributed by atoms with van der Waals surface area (Å²) in [6, 6.07) is 8.26. The van der Waals surface area contributed by atoms with Gasteiger partial charge in [0.1, 0.15) is 12.4 Å². The Hall–Kier alpha value is -1.48. The molecule has 0 unspecified atom stereocenters. The first-order chi connectivity index (χ1) is 8.79. The number of anilines is 1. The largest absolute Gasteiger partial charge is 0.489 e. The molecule has 1 heterocycles. The van der Waals surface area contributed by atoms with E-state index in [1.807, 2.05) is 12.1 Å². The second-order valence-electron chi connectivity index (χ2n) is 4.49. The number of rotatable bonds is 5. The molecule has 0 N–H and O–H groups in total. The Morgan fingerprint density at radius 2 is 1.94 bits per heavy atom. The highest BCUT2D eigenvalue weighted by Gasteiger charge is 2.10. The number of morpholine rings is 1. The van der Waals surface area contributed by atoms with Crippen LogP contribution >= 0.6 is 0 Å². The van der Waals surface area contributed by atoms with Gasteiger partial charge in [-0.2, -0.15) is 0 Å². The summed E-state index contributed by atoms with van der Waals surface area (Å²) in [5.74, 6) is 0.904. The van der Waals surface area contributed by atoms with Crippen LogP contribution in [0, 0.1) is 0 Å². The molecular weight excluding hydrogens is 226 g/mol. The van der Waals surface area contributed by atoms with Gasteiger partial charge in [0.15, 0.2) is 0 Å². The molecular formula is C15H21NO2. The third-order valence-corrected chi connectivity index (χ3v) is 3.16. The summed E-state index contributed by atoms with van der Waals surface area (Å²) in [7, 11) is 0. The van der Waals surface area contributed by atoms with Crippen LogP contribution in [0.3, 0.4) is 0 Å². The van der Waals surface area contributed by atoms with Gasteiger partial charge in [0.25, 0.3) is 0 Å². The third kappa shape index (κ3) is 3.50. The Morgan fingerprint density at radius 3 is 2.56 bits per heavy atom. The van der Waals surface area contributed by atoms with E-state index in [0.717, 1.165) is 44.0 Å². The van der Waals surface area contributed by atoms with Gasteiger partial charge in [-0.05, 0) is 36.3 Å². The molecule has 0 atom stereocenters. The van der Waals surface area contributed by atoms with Gasteiger partial charge in [0, 0.05) is 18.8 Å². The molecule has 0 aromatic heterocycles. The highest BCUT2D eigenvalue weighted by Crippen LogP contribution is 2.20. The van der Waals surface area contributed by atoms with E-state index >= 15 is 0 Å². The average molecular weight is 247 g/mol. The summed E-state index contributed by atoms with van der Waals surface area (Å²) >= 11 is 0. The summed E-state index contributed by atoms with van der Waals surface area (Å²) < 4.78 is 11.0. The SMILES string of the molecule is C=C(CC)COc1ccc(N2CCOCC2)cc1. The van der Waals surface area contributed by atoms with Gasteiger partial charge in [-0.15, -0.1) is 0 Å². The molecule has 0 aliphatic carbocycles. The monoisotopic (exact) mass is 247 g/mol. The molecule has 0 bridgehead atoms. The second kappa shape index (κ2) is 6.45. The molecule has 1 fully saturated rings. The van der Waals surface area contributed by atoms with Gasteiger partial charge in [0.05, 0.1) is 13.2 Å². The van der Waals surface area contributed by atoms with Crippen molar-refractivity contribution in [2.75, 3.05) is 37.8 Å². The summed E-state index contributed by atoms with van der Waals surface area (Å²) in [6.45, 7) is 10.2.